The minimum absolute atomic E-state index is 0.329. The summed E-state index contributed by atoms with van der Waals surface area (Å²) in [5.74, 6) is 0.819. The standard InChI is InChI=1S/C25H31NO5/c1-25(2)29-16-21(31-25)24-23(27)22(26-14-13-17-7-5-4-6-8-17)20(30-24)15-18-9-11-19(28-3)12-10-18/h4-12,15,21-24,26-27H,13-14,16H2,1-3H3/b20-15-/t21-,22+,23-,24-/m1/s1. The van der Waals surface area contributed by atoms with Gasteiger partial charge in [-0.15, -0.1) is 0 Å². The second-order valence-corrected chi connectivity index (χ2v) is 8.43. The van der Waals surface area contributed by atoms with Gasteiger partial charge in [-0.1, -0.05) is 42.5 Å². The third kappa shape index (κ3) is 5.28. The molecule has 6 nitrogen and oxygen atoms in total. The summed E-state index contributed by atoms with van der Waals surface area (Å²) >= 11 is 0. The fraction of sp³-hybridized carbons (Fsp3) is 0.440. The summed E-state index contributed by atoms with van der Waals surface area (Å²) in [4.78, 5) is 0. The number of nitrogens with one attached hydrogen (secondary N) is 1. The van der Waals surface area contributed by atoms with E-state index in [9.17, 15) is 5.11 Å². The molecule has 0 bridgehead atoms. The van der Waals surface area contributed by atoms with Crippen LogP contribution in [0.5, 0.6) is 5.75 Å². The van der Waals surface area contributed by atoms with E-state index in [-0.39, 0.29) is 12.1 Å². The summed E-state index contributed by atoms with van der Waals surface area (Å²) in [6.45, 7) is 4.85. The van der Waals surface area contributed by atoms with Gasteiger partial charge in [-0.3, -0.25) is 0 Å². The number of hydrogen-bond acceptors (Lipinski definition) is 6. The van der Waals surface area contributed by atoms with Crippen LogP contribution < -0.4 is 10.1 Å². The van der Waals surface area contributed by atoms with Crippen molar-refractivity contribution in [1.82, 2.24) is 5.32 Å². The van der Waals surface area contributed by atoms with Gasteiger partial charge in [-0.05, 0) is 56.1 Å². The molecule has 4 atom stereocenters. The van der Waals surface area contributed by atoms with Gasteiger partial charge >= 0.3 is 0 Å². The molecule has 2 fully saturated rings. The van der Waals surface area contributed by atoms with Crippen molar-refractivity contribution >= 4 is 6.08 Å². The Hall–Kier alpha value is -2.38. The summed E-state index contributed by atoms with van der Waals surface area (Å²) < 4.78 is 23.2. The van der Waals surface area contributed by atoms with Gasteiger partial charge in [0.15, 0.2) is 11.9 Å². The number of rotatable bonds is 7. The molecule has 2 aromatic carbocycles. The van der Waals surface area contributed by atoms with Crippen molar-refractivity contribution in [3.05, 3.63) is 71.5 Å². The molecule has 2 aliphatic rings. The highest BCUT2D eigenvalue weighted by molar-refractivity contribution is 5.54. The number of ether oxygens (including phenoxy) is 4. The molecule has 2 N–H and O–H groups in total. The predicted octanol–water partition coefficient (Wildman–Crippen LogP) is 3.15. The maximum atomic E-state index is 11.1. The molecule has 2 aromatic rings. The number of hydrogen-bond donors (Lipinski definition) is 2. The summed E-state index contributed by atoms with van der Waals surface area (Å²) in [7, 11) is 1.65. The smallest absolute Gasteiger partial charge is 0.163 e. The monoisotopic (exact) mass is 425 g/mol. The van der Waals surface area contributed by atoms with Gasteiger partial charge in [-0.2, -0.15) is 0 Å². The quantitative estimate of drug-likeness (QED) is 0.710. The zero-order chi connectivity index (χ0) is 21.8. The van der Waals surface area contributed by atoms with Crippen LogP contribution in [-0.4, -0.2) is 55.5 Å². The van der Waals surface area contributed by atoms with Crippen molar-refractivity contribution in [2.24, 2.45) is 0 Å². The molecule has 0 aromatic heterocycles. The predicted molar refractivity (Wildman–Crippen MR) is 119 cm³/mol. The summed E-state index contributed by atoms with van der Waals surface area (Å²) in [6.07, 6.45) is 1.25. The summed E-state index contributed by atoms with van der Waals surface area (Å²) in [5.41, 5.74) is 2.22. The van der Waals surface area contributed by atoms with Gasteiger partial charge in [0.05, 0.1) is 19.8 Å². The van der Waals surface area contributed by atoms with E-state index in [0.717, 1.165) is 24.3 Å². The molecular weight excluding hydrogens is 394 g/mol. The Kier molecular flexibility index (Phi) is 6.62. The average Bonchev–Trinajstić information content (AvgIpc) is 3.28. The van der Waals surface area contributed by atoms with Gasteiger partial charge in [-0.25, -0.2) is 0 Å². The van der Waals surface area contributed by atoms with E-state index in [4.69, 9.17) is 18.9 Å². The Labute approximate surface area is 183 Å². The van der Waals surface area contributed by atoms with Crippen LogP contribution in [0.15, 0.2) is 60.4 Å². The first-order valence-electron chi connectivity index (χ1n) is 10.7. The number of aliphatic hydroxyl groups is 1. The van der Waals surface area contributed by atoms with Crippen LogP contribution in [0.25, 0.3) is 6.08 Å². The second-order valence-electron chi connectivity index (χ2n) is 8.43. The van der Waals surface area contributed by atoms with Crippen molar-refractivity contribution in [2.75, 3.05) is 20.3 Å². The van der Waals surface area contributed by atoms with E-state index in [1.165, 1.54) is 5.56 Å². The van der Waals surface area contributed by atoms with Crippen LogP contribution in [0.2, 0.25) is 0 Å². The van der Waals surface area contributed by atoms with Gasteiger partial charge in [0.2, 0.25) is 0 Å². The highest BCUT2D eigenvalue weighted by atomic mass is 16.8. The molecular formula is C25H31NO5. The van der Waals surface area contributed by atoms with E-state index in [2.05, 4.69) is 17.4 Å². The average molecular weight is 426 g/mol. The zero-order valence-corrected chi connectivity index (χ0v) is 18.3. The van der Waals surface area contributed by atoms with Gasteiger partial charge in [0.1, 0.15) is 23.7 Å². The lowest BCUT2D eigenvalue weighted by Crippen LogP contribution is -2.45. The number of methoxy groups -OCH3 is 1. The first-order valence-corrected chi connectivity index (χ1v) is 10.7. The number of aliphatic hydroxyl groups excluding tert-OH is 1. The lowest BCUT2D eigenvalue weighted by molar-refractivity contribution is -0.156. The molecule has 2 aliphatic heterocycles. The van der Waals surface area contributed by atoms with Crippen LogP contribution in [0.4, 0.5) is 0 Å². The van der Waals surface area contributed by atoms with Crippen LogP contribution in [0.3, 0.4) is 0 Å². The van der Waals surface area contributed by atoms with Crippen molar-refractivity contribution < 1.29 is 24.1 Å². The first kappa shape index (κ1) is 21.8. The van der Waals surface area contributed by atoms with Gasteiger partial charge in [0.25, 0.3) is 0 Å². The van der Waals surface area contributed by atoms with Crippen molar-refractivity contribution in [1.29, 1.82) is 0 Å². The zero-order valence-electron chi connectivity index (χ0n) is 18.3. The summed E-state index contributed by atoms with van der Waals surface area (Å²) in [6, 6.07) is 17.7. The van der Waals surface area contributed by atoms with E-state index in [0.29, 0.717) is 12.4 Å². The lowest BCUT2D eigenvalue weighted by Gasteiger charge is -2.23. The largest absolute Gasteiger partial charge is 0.497 e. The molecule has 166 valence electrons. The Bertz CT molecular complexity index is 881. The Morgan fingerprint density at radius 3 is 2.52 bits per heavy atom. The number of benzene rings is 2. The first-order chi connectivity index (χ1) is 14.9. The Morgan fingerprint density at radius 2 is 1.87 bits per heavy atom. The highest BCUT2D eigenvalue weighted by Crippen LogP contribution is 2.34. The fourth-order valence-corrected chi connectivity index (χ4v) is 4.06. The van der Waals surface area contributed by atoms with E-state index < -0.39 is 18.0 Å². The topological polar surface area (TPSA) is 69.2 Å². The Balaban J connectivity index is 1.51. The minimum atomic E-state index is -0.747. The van der Waals surface area contributed by atoms with Crippen molar-refractivity contribution in [3.8, 4) is 5.75 Å². The fourth-order valence-electron chi connectivity index (χ4n) is 4.06. The highest BCUT2D eigenvalue weighted by Gasteiger charge is 2.49. The molecule has 0 saturated carbocycles. The van der Waals surface area contributed by atoms with Crippen LogP contribution in [-0.2, 0) is 20.6 Å². The molecule has 4 rings (SSSR count). The van der Waals surface area contributed by atoms with Gasteiger partial charge < -0.3 is 29.4 Å². The maximum Gasteiger partial charge on any atom is 0.163 e. The molecule has 0 aliphatic carbocycles. The van der Waals surface area contributed by atoms with Crippen molar-refractivity contribution in [2.45, 2.75) is 50.4 Å². The van der Waals surface area contributed by atoms with Crippen LogP contribution in [0.1, 0.15) is 25.0 Å². The molecule has 6 heteroatoms. The van der Waals surface area contributed by atoms with Crippen LogP contribution in [0, 0.1) is 0 Å². The lowest BCUT2D eigenvalue weighted by atomic mass is 10.0. The van der Waals surface area contributed by atoms with E-state index >= 15 is 0 Å². The van der Waals surface area contributed by atoms with Gasteiger partial charge in [0, 0.05) is 0 Å². The normalized spacial score (nSPS) is 28.6. The molecule has 2 saturated heterocycles. The van der Waals surface area contributed by atoms with E-state index in [1.807, 2.05) is 62.4 Å². The Morgan fingerprint density at radius 1 is 1.13 bits per heavy atom. The molecule has 0 unspecified atom stereocenters. The maximum absolute atomic E-state index is 11.1. The minimum Gasteiger partial charge on any atom is -0.497 e. The van der Waals surface area contributed by atoms with Crippen LogP contribution >= 0.6 is 0 Å². The molecule has 0 amide bonds. The molecule has 2 heterocycles. The SMILES string of the molecule is COc1ccc(/C=C2\O[C@H]([C@H]3COC(C)(C)O3)[C@H](O)[C@H]2NCCc2ccccc2)cc1. The summed E-state index contributed by atoms with van der Waals surface area (Å²) in [5, 5.41) is 14.6. The van der Waals surface area contributed by atoms with Crippen molar-refractivity contribution in [3.63, 3.8) is 0 Å². The molecule has 0 spiro atoms. The van der Waals surface area contributed by atoms with E-state index in [1.54, 1.807) is 7.11 Å². The molecule has 31 heavy (non-hydrogen) atoms. The second kappa shape index (κ2) is 9.40. The molecule has 0 radical (unpaired) electrons. The third-order valence-electron chi connectivity index (χ3n) is 5.70. The third-order valence-corrected chi connectivity index (χ3v) is 5.70.